The number of fused-ring (bicyclic) bond motifs is 1. The number of rotatable bonds is 8. The van der Waals surface area contributed by atoms with Crippen LogP contribution >= 0.6 is 7.60 Å². The fraction of sp³-hybridized carbons (Fsp3) is 0.667. The number of carbonyl (C=O) groups is 1. The zero-order valence-corrected chi connectivity index (χ0v) is 21.9. The monoisotopic (exact) mass is 492 g/mol. The number of hydrogen-bond donors (Lipinski definition) is 2. The smallest absolute Gasteiger partial charge is 0.337 e. The van der Waals surface area contributed by atoms with Crippen LogP contribution in [0.25, 0.3) is 0 Å². The Bertz CT molecular complexity index is 910. The minimum Gasteiger partial charge on any atom is -0.393 e. The van der Waals surface area contributed by atoms with Crippen LogP contribution in [0.5, 0.6) is 0 Å². The van der Waals surface area contributed by atoms with Crippen molar-refractivity contribution in [3.8, 4) is 0 Å². The summed E-state index contributed by atoms with van der Waals surface area (Å²) < 4.78 is 22.0. The van der Waals surface area contributed by atoms with Crippen LogP contribution in [0.1, 0.15) is 58.8 Å². The van der Waals surface area contributed by atoms with E-state index in [0.717, 1.165) is 43.3 Å². The summed E-state index contributed by atoms with van der Waals surface area (Å²) in [6.07, 6.45) is 12.8. The molecular formula is C27H41O6P. The Hall–Kier alpha value is -1.30. The van der Waals surface area contributed by atoms with E-state index in [1.165, 1.54) is 19.8 Å². The summed E-state index contributed by atoms with van der Waals surface area (Å²) in [6.45, 7) is 8.59. The summed E-state index contributed by atoms with van der Waals surface area (Å²) in [7, 11) is -0.764. The van der Waals surface area contributed by atoms with Crippen LogP contribution in [0.2, 0.25) is 0 Å². The normalized spacial score (nSPS) is 35.8. The molecule has 190 valence electrons. The highest BCUT2D eigenvalue weighted by atomic mass is 31.2. The number of allylic oxidation sites excluding steroid dienone is 5. The molecule has 3 rings (SSSR count). The van der Waals surface area contributed by atoms with E-state index in [0.29, 0.717) is 24.7 Å². The summed E-state index contributed by atoms with van der Waals surface area (Å²) in [4.78, 5) is 12.3. The van der Waals surface area contributed by atoms with Crippen molar-refractivity contribution in [2.75, 3.05) is 20.4 Å². The molecule has 0 saturated heterocycles. The van der Waals surface area contributed by atoms with E-state index in [1.54, 1.807) is 6.08 Å². The maximum absolute atomic E-state index is 12.3. The lowest BCUT2D eigenvalue weighted by molar-refractivity contribution is -0.112. The van der Waals surface area contributed by atoms with Crippen molar-refractivity contribution in [3.63, 3.8) is 0 Å². The topological polar surface area (TPSA) is 93.1 Å². The van der Waals surface area contributed by atoms with Gasteiger partial charge in [0.05, 0.1) is 12.2 Å². The third kappa shape index (κ3) is 5.91. The Kier molecular flexibility index (Phi) is 8.97. The molecule has 0 radical (unpaired) electrons. The van der Waals surface area contributed by atoms with Crippen LogP contribution in [-0.2, 0) is 18.4 Å². The number of aliphatic hydroxyl groups excluding tert-OH is 2. The molecule has 0 unspecified atom stereocenters. The van der Waals surface area contributed by atoms with Crippen molar-refractivity contribution >= 4 is 13.4 Å². The molecule has 2 N–H and O–H groups in total. The standard InChI is InChI=1S/C27H41O6P/c1-18(8-11-22(28)17-34(31,32-4)33-5)24-12-13-25-20(7-6-14-27(24,25)3)9-10-21-15-23(29)16-26(30)19(21)2/h8-11,18,23-26,29-30H,2,6-7,12-17H2,1,3-5H3/b11-8+,20-9+,21-10-/t18-,23-,24-,25+,26+,27-/m1/s1. The van der Waals surface area contributed by atoms with E-state index in [2.05, 4.69) is 32.6 Å². The Balaban J connectivity index is 1.72. The van der Waals surface area contributed by atoms with E-state index in [1.807, 2.05) is 6.08 Å². The molecule has 3 aliphatic carbocycles. The van der Waals surface area contributed by atoms with Gasteiger partial charge in [-0.3, -0.25) is 9.36 Å². The average Bonchev–Trinajstić information content (AvgIpc) is 3.16. The molecule has 0 aromatic rings. The third-order valence-corrected chi connectivity index (χ3v) is 10.2. The first-order chi connectivity index (χ1) is 16.0. The summed E-state index contributed by atoms with van der Waals surface area (Å²) in [5, 5.41) is 20.2. The minimum atomic E-state index is -3.35. The quantitative estimate of drug-likeness (QED) is 0.349. The molecule has 0 aliphatic heterocycles. The molecule has 0 aromatic heterocycles. The molecule has 7 heteroatoms. The molecule has 0 amide bonds. The van der Waals surface area contributed by atoms with Crippen molar-refractivity contribution in [3.05, 3.63) is 47.6 Å². The second-order valence-corrected chi connectivity index (χ2v) is 12.8. The van der Waals surface area contributed by atoms with E-state index in [9.17, 15) is 19.6 Å². The second kappa shape index (κ2) is 11.2. The molecule has 3 fully saturated rings. The molecule has 0 heterocycles. The van der Waals surface area contributed by atoms with Gasteiger partial charge in [-0.1, -0.05) is 44.2 Å². The number of carbonyl (C=O) groups excluding carboxylic acids is 1. The van der Waals surface area contributed by atoms with Crippen molar-refractivity contribution in [2.45, 2.75) is 71.0 Å². The van der Waals surface area contributed by atoms with Gasteiger partial charge in [0.25, 0.3) is 0 Å². The highest BCUT2D eigenvalue weighted by Gasteiger charge is 2.50. The second-order valence-electron chi connectivity index (χ2n) is 10.5. The van der Waals surface area contributed by atoms with Crippen LogP contribution in [0, 0.1) is 23.2 Å². The number of aliphatic hydroxyl groups is 2. The lowest BCUT2D eigenvalue weighted by atomic mass is 9.61. The first-order valence-corrected chi connectivity index (χ1v) is 14.1. The van der Waals surface area contributed by atoms with Gasteiger partial charge in [-0.2, -0.15) is 0 Å². The van der Waals surface area contributed by atoms with Gasteiger partial charge in [-0.15, -0.1) is 0 Å². The maximum Gasteiger partial charge on any atom is 0.337 e. The van der Waals surface area contributed by atoms with Crippen LogP contribution in [0.15, 0.2) is 47.6 Å². The molecule has 6 nitrogen and oxygen atoms in total. The molecule has 0 spiro atoms. The van der Waals surface area contributed by atoms with E-state index < -0.39 is 19.8 Å². The van der Waals surface area contributed by atoms with Crippen molar-refractivity contribution in [2.24, 2.45) is 23.2 Å². The van der Waals surface area contributed by atoms with Gasteiger partial charge in [-0.25, -0.2) is 0 Å². The van der Waals surface area contributed by atoms with Gasteiger partial charge in [0.2, 0.25) is 0 Å². The van der Waals surface area contributed by atoms with Crippen LogP contribution < -0.4 is 0 Å². The minimum absolute atomic E-state index is 0.159. The van der Waals surface area contributed by atoms with Crippen LogP contribution in [0.4, 0.5) is 0 Å². The van der Waals surface area contributed by atoms with Gasteiger partial charge in [-0.05, 0) is 78.9 Å². The molecule has 3 saturated carbocycles. The van der Waals surface area contributed by atoms with Crippen LogP contribution in [0.3, 0.4) is 0 Å². The van der Waals surface area contributed by atoms with Crippen molar-refractivity contribution < 1.29 is 28.6 Å². The Labute approximate surface area is 204 Å². The number of hydrogen-bond acceptors (Lipinski definition) is 6. The van der Waals surface area contributed by atoms with E-state index in [4.69, 9.17) is 9.05 Å². The van der Waals surface area contributed by atoms with Crippen molar-refractivity contribution in [1.29, 1.82) is 0 Å². The highest BCUT2D eigenvalue weighted by molar-refractivity contribution is 7.54. The summed E-state index contributed by atoms with van der Waals surface area (Å²) in [5.74, 6) is 0.933. The molecule has 6 atom stereocenters. The van der Waals surface area contributed by atoms with Gasteiger partial charge >= 0.3 is 7.60 Å². The molecule has 34 heavy (non-hydrogen) atoms. The van der Waals surface area contributed by atoms with Gasteiger partial charge in [0.1, 0.15) is 6.16 Å². The lowest BCUT2D eigenvalue weighted by Gasteiger charge is -2.44. The third-order valence-electron chi connectivity index (χ3n) is 8.43. The van der Waals surface area contributed by atoms with Gasteiger partial charge < -0.3 is 19.3 Å². The fourth-order valence-corrected chi connectivity index (χ4v) is 7.34. The fourth-order valence-electron chi connectivity index (χ4n) is 6.45. The maximum atomic E-state index is 12.3. The zero-order chi connectivity index (χ0) is 25.1. The largest absolute Gasteiger partial charge is 0.393 e. The Morgan fingerprint density at radius 3 is 2.65 bits per heavy atom. The SMILES string of the molecule is C=C1/C(=C\C=C2/CCC[C@]3(C)[C@@H]([C@H](C)/C=C/C(=O)CP(=O)(OC)OC)CC[C@@H]23)C[C@@H](O)C[C@@H]1O. The first kappa shape index (κ1) is 27.3. The molecule has 0 aromatic carbocycles. The summed E-state index contributed by atoms with van der Waals surface area (Å²) in [5.41, 5.74) is 3.27. The summed E-state index contributed by atoms with van der Waals surface area (Å²) in [6, 6.07) is 0. The molecular weight excluding hydrogens is 451 g/mol. The first-order valence-electron chi connectivity index (χ1n) is 12.4. The van der Waals surface area contributed by atoms with Gasteiger partial charge in [0, 0.05) is 20.6 Å². The van der Waals surface area contributed by atoms with E-state index >= 15 is 0 Å². The average molecular weight is 493 g/mol. The lowest BCUT2D eigenvalue weighted by Crippen LogP contribution is -2.35. The van der Waals surface area contributed by atoms with Crippen molar-refractivity contribution in [1.82, 2.24) is 0 Å². The van der Waals surface area contributed by atoms with E-state index in [-0.39, 0.29) is 23.3 Å². The number of ketones is 1. The highest BCUT2D eigenvalue weighted by Crippen LogP contribution is 2.59. The predicted molar refractivity (Wildman–Crippen MR) is 135 cm³/mol. The Morgan fingerprint density at radius 2 is 1.97 bits per heavy atom. The molecule has 3 aliphatic rings. The predicted octanol–water partition coefficient (Wildman–Crippen LogP) is 5.37. The van der Waals surface area contributed by atoms with Crippen LogP contribution in [-0.4, -0.2) is 48.6 Å². The zero-order valence-electron chi connectivity index (χ0n) is 21.0. The van der Waals surface area contributed by atoms with Gasteiger partial charge in [0.15, 0.2) is 5.78 Å². The molecule has 0 bridgehead atoms. The summed E-state index contributed by atoms with van der Waals surface area (Å²) >= 11 is 0. The Morgan fingerprint density at radius 1 is 1.26 bits per heavy atom.